The highest BCUT2D eigenvalue weighted by Crippen LogP contribution is 2.22. The van der Waals surface area contributed by atoms with Crippen LogP contribution in [-0.4, -0.2) is 12.6 Å². The fourth-order valence-electron chi connectivity index (χ4n) is 1.02. The van der Waals surface area contributed by atoms with E-state index < -0.39 is 34.7 Å². The van der Waals surface area contributed by atoms with Gasteiger partial charge in [-0.2, -0.15) is 0 Å². The Balaban J connectivity index is 3.29. The van der Waals surface area contributed by atoms with E-state index in [2.05, 4.69) is 4.74 Å². The number of halogens is 3. The number of anilines is 1. The highest BCUT2D eigenvalue weighted by molar-refractivity contribution is 5.95. The fraction of sp³-hybridized carbons (Fsp3) is 0.222. The molecule has 2 N–H and O–H groups in total. The molecule has 0 aromatic heterocycles. The van der Waals surface area contributed by atoms with Crippen LogP contribution in [0.5, 0.6) is 0 Å². The van der Waals surface area contributed by atoms with E-state index in [9.17, 15) is 18.0 Å². The lowest BCUT2D eigenvalue weighted by atomic mass is 10.1. The molecule has 0 radical (unpaired) electrons. The summed E-state index contributed by atoms with van der Waals surface area (Å²) in [4.78, 5) is 11.1. The lowest BCUT2D eigenvalue weighted by Gasteiger charge is -2.07. The van der Waals surface area contributed by atoms with E-state index >= 15 is 0 Å². The third kappa shape index (κ3) is 2.03. The van der Waals surface area contributed by atoms with E-state index in [0.29, 0.717) is 6.07 Å². The predicted octanol–water partition coefficient (Wildman–Crippen LogP) is 1.86. The van der Waals surface area contributed by atoms with Crippen LogP contribution >= 0.6 is 0 Å². The Kier molecular flexibility index (Phi) is 3.18. The summed E-state index contributed by atoms with van der Waals surface area (Å²) in [5, 5.41) is 0. The Labute approximate surface area is 83.6 Å². The lowest BCUT2D eigenvalue weighted by molar-refractivity contribution is 0.0521. The van der Waals surface area contributed by atoms with Crippen molar-refractivity contribution in [3.05, 3.63) is 29.1 Å². The molecule has 0 atom stereocenters. The van der Waals surface area contributed by atoms with Gasteiger partial charge in [-0.25, -0.2) is 18.0 Å². The van der Waals surface area contributed by atoms with Crippen LogP contribution in [0.2, 0.25) is 0 Å². The summed E-state index contributed by atoms with van der Waals surface area (Å²) in [7, 11) is 0. The Morgan fingerprint density at radius 2 is 2.00 bits per heavy atom. The summed E-state index contributed by atoms with van der Waals surface area (Å²) in [5.74, 6) is -5.94. The molecule has 0 unspecified atom stereocenters. The molecule has 0 heterocycles. The first-order valence-corrected chi connectivity index (χ1v) is 4.09. The van der Waals surface area contributed by atoms with Crippen molar-refractivity contribution in [1.82, 2.24) is 0 Å². The van der Waals surface area contributed by atoms with Crippen LogP contribution in [0.15, 0.2) is 6.07 Å². The summed E-state index contributed by atoms with van der Waals surface area (Å²) in [6, 6.07) is 0.532. The Morgan fingerprint density at radius 1 is 1.40 bits per heavy atom. The molecule has 1 rings (SSSR count). The molecule has 0 aliphatic carbocycles. The molecule has 6 heteroatoms. The molecule has 82 valence electrons. The molecule has 3 nitrogen and oxygen atoms in total. The third-order valence-electron chi connectivity index (χ3n) is 1.67. The first-order chi connectivity index (χ1) is 6.99. The molecule has 0 aliphatic heterocycles. The van der Waals surface area contributed by atoms with Crippen molar-refractivity contribution < 1.29 is 22.7 Å². The molecular formula is C9H8F3NO2. The molecule has 0 amide bonds. The quantitative estimate of drug-likeness (QED) is 0.469. The lowest BCUT2D eigenvalue weighted by Crippen LogP contribution is -2.13. The van der Waals surface area contributed by atoms with Crippen LogP contribution in [0.3, 0.4) is 0 Å². The van der Waals surface area contributed by atoms with Gasteiger partial charge in [0.1, 0.15) is 5.56 Å². The van der Waals surface area contributed by atoms with Crippen molar-refractivity contribution in [2.45, 2.75) is 6.92 Å². The van der Waals surface area contributed by atoms with Crippen molar-refractivity contribution in [3.8, 4) is 0 Å². The van der Waals surface area contributed by atoms with Crippen LogP contribution in [-0.2, 0) is 4.74 Å². The molecule has 0 fully saturated rings. The minimum atomic E-state index is -1.74. The maximum Gasteiger partial charge on any atom is 0.343 e. The number of carbonyl (C=O) groups excluding carboxylic acids is 1. The maximum absolute atomic E-state index is 13.1. The van der Waals surface area contributed by atoms with E-state index in [0.717, 1.165) is 0 Å². The van der Waals surface area contributed by atoms with Gasteiger partial charge in [-0.1, -0.05) is 0 Å². The monoisotopic (exact) mass is 219 g/mol. The zero-order chi connectivity index (χ0) is 11.6. The van der Waals surface area contributed by atoms with E-state index in [-0.39, 0.29) is 6.61 Å². The molecule has 0 bridgehead atoms. The van der Waals surface area contributed by atoms with E-state index in [1.165, 1.54) is 6.92 Å². The van der Waals surface area contributed by atoms with Gasteiger partial charge in [-0.05, 0) is 6.92 Å². The second-order valence-corrected chi connectivity index (χ2v) is 2.67. The smallest absolute Gasteiger partial charge is 0.343 e. The minimum Gasteiger partial charge on any atom is -0.462 e. The van der Waals surface area contributed by atoms with Crippen molar-refractivity contribution >= 4 is 11.7 Å². The first kappa shape index (κ1) is 11.4. The molecule has 0 spiro atoms. The van der Waals surface area contributed by atoms with E-state index in [1.54, 1.807) is 0 Å². The summed E-state index contributed by atoms with van der Waals surface area (Å²) < 4.78 is 42.9. The van der Waals surface area contributed by atoms with Crippen LogP contribution in [0, 0.1) is 17.5 Å². The van der Waals surface area contributed by atoms with Gasteiger partial charge in [0.2, 0.25) is 0 Å². The molecule has 0 aliphatic rings. The summed E-state index contributed by atoms with van der Waals surface area (Å²) in [5.41, 5.74) is 3.90. The van der Waals surface area contributed by atoms with Gasteiger partial charge in [0.25, 0.3) is 0 Å². The first-order valence-electron chi connectivity index (χ1n) is 4.09. The molecule has 1 aromatic rings. The van der Waals surface area contributed by atoms with Gasteiger partial charge < -0.3 is 10.5 Å². The fourth-order valence-corrected chi connectivity index (χ4v) is 1.02. The highest BCUT2D eigenvalue weighted by atomic mass is 19.2. The number of nitrogens with two attached hydrogens (primary N) is 1. The van der Waals surface area contributed by atoms with Crippen LogP contribution in [0.1, 0.15) is 17.3 Å². The van der Waals surface area contributed by atoms with Gasteiger partial charge in [0.15, 0.2) is 17.5 Å². The molecular weight excluding hydrogens is 211 g/mol. The number of ether oxygens (including phenoxy) is 1. The molecule has 15 heavy (non-hydrogen) atoms. The zero-order valence-electron chi connectivity index (χ0n) is 7.81. The van der Waals surface area contributed by atoms with E-state index in [4.69, 9.17) is 5.73 Å². The van der Waals surface area contributed by atoms with Gasteiger partial charge in [0, 0.05) is 6.07 Å². The normalized spacial score (nSPS) is 10.1. The summed E-state index contributed by atoms with van der Waals surface area (Å²) >= 11 is 0. The van der Waals surface area contributed by atoms with Crippen molar-refractivity contribution in [1.29, 1.82) is 0 Å². The van der Waals surface area contributed by atoms with E-state index in [1.807, 2.05) is 0 Å². The van der Waals surface area contributed by atoms with Gasteiger partial charge in [-0.3, -0.25) is 0 Å². The number of hydrogen-bond donors (Lipinski definition) is 1. The Bertz CT molecular complexity index is 407. The van der Waals surface area contributed by atoms with Crippen molar-refractivity contribution in [3.63, 3.8) is 0 Å². The SMILES string of the molecule is CCOC(=O)c1c(N)cc(F)c(F)c1F. The third-order valence-corrected chi connectivity index (χ3v) is 1.67. The highest BCUT2D eigenvalue weighted by Gasteiger charge is 2.23. The standard InChI is InChI=1S/C9H8F3NO2/c1-2-15-9(14)6-5(13)3-4(10)7(11)8(6)12/h3H,2,13H2,1H3. The largest absolute Gasteiger partial charge is 0.462 e. The number of hydrogen-bond acceptors (Lipinski definition) is 3. The average Bonchev–Trinajstić information content (AvgIpc) is 2.15. The number of esters is 1. The maximum atomic E-state index is 13.1. The molecule has 0 saturated carbocycles. The van der Waals surface area contributed by atoms with Crippen LogP contribution in [0.25, 0.3) is 0 Å². The minimum absolute atomic E-state index is 0.0172. The van der Waals surface area contributed by atoms with Gasteiger partial charge in [0.05, 0.1) is 12.3 Å². The Hall–Kier alpha value is -1.72. The van der Waals surface area contributed by atoms with Crippen LogP contribution < -0.4 is 5.73 Å². The number of benzene rings is 1. The molecule has 0 saturated heterocycles. The summed E-state index contributed by atoms with van der Waals surface area (Å²) in [6.45, 7) is 1.47. The number of carbonyl (C=O) groups is 1. The summed E-state index contributed by atoms with van der Waals surface area (Å²) in [6.07, 6.45) is 0. The molecule has 1 aromatic carbocycles. The number of nitrogen functional groups attached to an aromatic ring is 1. The number of rotatable bonds is 2. The van der Waals surface area contributed by atoms with Crippen molar-refractivity contribution in [2.75, 3.05) is 12.3 Å². The average molecular weight is 219 g/mol. The zero-order valence-corrected chi connectivity index (χ0v) is 7.81. The predicted molar refractivity (Wildman–Crippen MR) is 46.7 cm³/mol. The Morgan fingerprint density at radius 3 is 2.53 bits per heavy atom. The topological polar surface area (TPSA) is 52.3 Å². The second kappa shape index (κ2) is 4.20. The second-order valence-electron chi connectivity index (χ2n) is 2.67. The van der Waals surface area contributed by atoms with Crippen LogP contribution in [0.4, 0.5) is 18.9 Å². The van der Waals surface area contributed by atoms with Gasteiger partial charge >= 0.3 is 5.97 Å². The van der Waals surface area contributed by atoms with Crippen molar-refractivity contribution in [2.24, 2.45) is 0 Å². The van der Waals surface area contributed by atoms with Gasteiger partial charge in [-0.15, -0.1) is 0 Å².